The zero-order valence-corrected chi connectivity index (χ0v) is 12.3. The lowest BCUT2D eigenvalue weighted by atomic mass is 10.3. The Bertz CT molecular complexity index is 486. The van der Waals surface area contributed by atoms with E-state index in [2.05, 4.69) is 15.5 Å². The third-order valence-corrected chi connectivity index (χ3v) is 3.68. The molecule has 0 fully saturated rings. The number of aliphatic hydroxyl groups is 1. The normalized spacial score (nSPS) is 12.7. The minimum atomic E-state index is -0.520. The Morgan fingerprint density at radius 2 is 2.45 bits per heavy atom. The van der Waals surface area contributed by atoms with Gasteiger partial charge in [0.15, 0.2) is 0 Å². The van der Waals surface area contributed by atoms with Crippen molar-refractivity contribution in [1.82, 2.24) is 20.1 Å². The maximum absolute atomic E-state index is 9.81. The third-order valence-electron chi connectivity index (χ3n) is 2.83. The molecule has 1 unspecified atom stereocenters. The van der Waals surface area contributed by atoms with Crippen molar-refractivity contribution < 1.29 is 9.84 Å². The molecule has 2 aromatic rings. The fourth-order valence-electron chi connectivity index (χ4n) is 1.78. The SMILES string of the molecule is CCn1cnnc1CNCC(O)COCc1cccs1. The molecule has 0 aromatic carbocycles. The number of nitrogens with zero attached hydrogens (tertiary/aromatic N) is 3. The first kappa shape index (κ1) is 15.1. The lowest BCUT2D eigenvalue weighted by Gasteiger charge is -2.12. The molecule has 7 heteroatoms. The molecule has 2 heterocycles. The molecule has 2 N–H and O–H groups in total. The molecule has 0 saturated carbocycles. The fraction of sp³-hybridized carbons (Fsp3) is 0.538. The van der Waals surface area contributed by atoms with Crippen molar-refractivity contribution in [1.29, 1.82) is 0 Å². The van der Waals surface area contributed by atoms with E-state index < -0.39 is 6.10 Å². The van der Waals surface area contributed by atoms with Gasteiger partial charge in [-0.25, -0.2) is 0 Å². The van der Waals surface area contributed by atoms with E-state index in [1.807, 2.05) is 29.0 Å². The van der Waals surface area contributed by atoms with Gasteiger partial charge in [0, 0.05) is 18.0 Å². The van der Waals surface area contributed by atoms with Gasteiger partial charge in [0.2, 0.25) is 0 Å². The first-order valence-electron chi connectivity index (χ1n) is 6.65. The molecule has 0 aliphatic carbocycles. The number of aryl methyl sites for hydroxylation is 1. The summed E-state index contributed by atoms with van der Waals surface area (Å²) >= 11 is 1.65. The van der Waals surface area contributed by atoms with E-state index in [0.29, 0.717) is 26.3 Å². The Kier molecular flexibility index (Phi) is 6.13. The highest BCUT2D eigenvalue weighted by Crippen LogP contribution is 2.09. The molecular weight excluding hydrogens is 276 g/mol. The molecule has 2 aromatic heterocycles. The zero-order valence-electron chi connectivity index (χ0n) is 11.5. The summed E-state index contributed by atoms with van der Waals surface area (Å²) in [5, 5.41) is 22.9. The van der Waals surface area contributed by atoms with Crippen LogP contribution in [0.15, 0.2) is 23.8 Å². The van der Waals surface area contributed by atoms with Crippen molar-refractivity contribution in [2.75, 3.05) is 13.2 Å². The van der Waals surface area contributed by atoms with Crippen LogP contribution in [0.3, 0.4) is 0 Å². The molecule has 0 saturated heterocycles. The van der Waals surface area contributed by atoms with Crippen LogP contribution in [0, 0.1) is 0 Å². The number of aromatic nitrogens is 3. The van der Waals surface area contributed by atoms with Crippen LogP contribution in [-0.2, 0) is 24.4 Å². The monoisotopic (exact) mass is 296 g/mol. The third kappa shape index (κ3) is 4.68. The molecule has 0 aliphatic rings. The summed E-state index contributed by atoms with van der Waals surface area (Å²) in [6.07, 6.45) is 1.19. The van der Waals surface area contributed by atoms with Crippen LogP contribution in [0.1, 0.15) is 17.6 Å². The van der Waals surface area contributed by atoms with Crippen molar-refractivity contribution in [3.63, 3.8) is 0 Å². The zero-order chi connectivity index (χ0) is 14.2. The van der Waals surface area contributed by atoms with Gasteiger partial charge in [-0.3, -0.25) is 0 Å². The largest absolute Gasteiger partial charge is 0.389 e. The molecule has 0 aliphatic heterocycles. The van der Waals surface area contributed by atoms with Crippen LogP contribution in [0.2, 0.25) is 0 Å². The van der Waals surface area contributed by atoms with E-state index in [1.165, 1.54) is 4.88 Å². The van der Waals surface area contributed by atoms with Crippen molar-refractivity contribution in [3.8, 4) is 0 Å². The summed E-state index contributed by atoms with van der Waals surface area (Å²) in [7, 11) is 0. The summed E-state index contributed by atoms with van der Waals surface area (Å²) < 4.78 is 7.42. The van der Waals surface area contributed by atoms with Crippen molar-refractivity contribution in [2.45, 2.75) is 32.7 Å². The second-order valence-electron chi connectivity index (χ2n) is 4.41. The lowest BCUT2D eigenvalue weighted by molar-refractivity contribution is 0.0296. The summed E-state index contributed by atoms with van der Waals surface area (Å²) in [6.45, 7) is 4.83. The highest BCUT2D eigenvalue weighted by molar-refractivity contribution is 7.09. The van der Waals surface area contributed by atoms with Crippen molar-refractivity contribution >= 4 is 11.3 Å². The average molecular weight is 296 g/mol. The van der Waals surface area contributed by atoms with Crippen molar-refractivity contribution in [2.24, 2.45) is 0 Å². The number of hydrogen-bond acceptors (Lipinski definition) is 6. The molecule has 0 bridgehead atoms. The summed E-state index contributed by atoms with van der Waals surface area (Å²) in [6, 6.07) is 4.01. The molecule has 0 radical (unpaired) electrons. The second-order valence-corrected chi connectivity index (χ2v) is 5.44. The molecule has 0 spiro atoms. The van der Waals surface area contributed by atoms with Crippen LogP contribution >= 0.6 is 11.3 Å². The molecule has 110 valence electrons. The van der Waals surface area contributed by atoms with Crippen LogP contribution in [0.5, 0.6) is 0 Å². The standard InChI is InChI=1S/C13H20N4O2S/c1-2-17-10-15-16-13(17)7-14-6-11(18)8-19-9-12-4-3-5-20-12/h3-5,10-11,14,18H,2,6-9H2,1H3. The molecule has 6 nitrogen and oxygen atoms in total. The Hall–Kier alpha value is -1.28. The van der Waals surface area contributed by atoms with Gasteiger partial charge in [0.25, 0.3) is 0 Å². The number of hydrogen-bond donors (Lipinski definition) is 2. The van der Waals surface area contributed by atoms with Gasteiger partial charge >= 0.3 is 0 Å². The minimum absolute atomic E-state index is 0.325. The van der Waals surface area contributed by atoms with Gasteiger partial charge in [-0.2, -0.15) is 0 Å². The van der Waals surface area contributed by atoms with Gasteiger partial charge < -0.3 is 19.7 Å². The highest BCUT2D eigenvalue weighted by atomic mass is 32.1. The van der Waals surface area contributed by atoms with E-state index >= 15 is 0 Å². The maximum Gasteiger partial charge on any atom is 0.146 e. The van der Waals surface area contributed by atoms with E-state index in [4.69, 9.17) is 4.74 Å². The van der Waals surface area contributed by atoms with Crippen LogP contribution < -0.4 is 5.32 Å². The molecule has 1 atom stereocenters. The smallest absolute Gasteiger partial charge is 0.146 e. The van der Waals surface area contributed by atoms with E-state index in [0.717, 1.165) is 12.4 Å². The van der Waals surface area contributed by atoms with E-state index in [-0.39, 0.29) is 0 Å². The predicted molar refractivity (Wildman–Crippen MR) is 77.4 cm³/mol. The maximum atomic E-state index is 9.81. The number of nitrogens with one attached hydrogen (secondary N) is 1. The van der Waals surface area contributed by atoms with E-state index in [9.17, 15) is 5.11 Å². The summed E-state index contributed by atoms with van der Waals surface area (Å²) in [5.74, 6) is 0.874. The average Bonchev–Trinajstić information content (AvgIpc) is 3.09. The van der Waals surface area contributed by atoms with Crippen molar-refractivity contribution in [3.05, 3.63) is 34.5 Å². The van der Waals surface area contributed by atoms with Gasteiger partial charge in [-0.1, -0.05) is 6.07 Å². The minimum Gasteiger partial charge on any atom is -0.389 e. The number of rotatable bonds is 9. The van der Waals surface area contributed by atoms with E-state index in [1.54, 1.807) is 17.7 Å². The quantitative estimate of drug-likeness (QED) is 0.723. The fourth-order valence-corrected chi connectivity index (χ4v) is 2.42. The molecular formula is C13H20N4O2S. The summed E-state index contributed by atoms with van der Waals surface area (Å²) in [4.78, 5) is 1.17. The topological polar surface area (TPSA) is 72.2 Å². The predicted octanol–water partition coefficient (Wildman–Crippen LogP) is 1.03. The lowest BCUT2D eigenvalue weighted by Crippen LogP contribution is -2.30. The Balaban J connectivity index is 1.59. The molecule has 0 amide bonds. The van der Waals surface area contributed by atoms with Gasteiger partial charge in [0.1, 0.15) is 12.2 Å². The highest BCUT2D eigenvalue weighted by Gasteiger charge is 2.06. The molecule has 2 rings (SSSR count). The van der Waals surface area contributed by atoms with Gasteiger partial charge in [0.05, 0.1) is 25.9 Å². The van der Waals surface area contributed by atoms with Crippen LogP contribution in [0.4, 0.5) is 0 Å². The van der Waals surface area contributed by atoms with Gasteiger partial charge in [-0.05, 0) is 18.4 Å². The first-order valence-corrected chi connectivity index (χ1v) is 7.53. The Morgan fingerprint density at radius 1 is 1.55 bits per heavy atom. The number of aliphatic hydroxyl groups excluding tert-OH is 1. The number of thiophene rings is 1. The summed E-state index contributed by atoms with van der Waals surface area (Å²) in [5.41, 5.74) is 0. The molecule has 20 heavy (non-hydrogen) atoms. The van der Waals surface area contributed by atoms with Crippen LogP contribution in [-0.4, -0.2) is 39.1 Å². The Labute approximate surface area is 122 Å². The van der Waals surface area contributed by atoms with Crippen LogP contribution in [0.25, 0.3) is 0 Å². The Morgan fingerprint density at radius 3 is 3.20 bits per heavy atom. The van der Waals surface area contributed by atoms with Gasteiger partial charge in [-0.15, -0.1) is 21.5 Å². The second kappa shape index (κ2) is 8.11. The first-order chi connectivity index (χ1) is 9.79. The number of ether oxygens (including phenoxy) is 1.